The van der Waals surface area contributed by atoms with Gasteiger partial charge in [-0.15, -0.1) is 0 Å². The molecule has 0 saturated carbocycles. The van der Waals surface area contributed by atoms with Gasteiger partial charge in [0.15, 0.2) is 0 Å². The predicted molar refractivity (Wildman–Crippen MR) is 110 cm³/mol. The molecule has 29 heavy (non-hydrogen) atoms. The molecule has 1 amide bonds. The van der Waals surface area contributed by atoms with Gasteiger partial charge in [0.1, 0.15) is 6.54 Å². The number of aryl methyl sites for hydroxylation is 2. The van der Waals surface area contributed by atoms with E-state index < -0.39 is 17.9 Å². The topological polar surface area (TPSA) is 72.9 Å². The van der Waals surface area contributed by atoms with Gasteiger partial charge in [0.25, 0.3) is 0 Å². The van der Waals surface area contributed by atoms with Crippen molar-refractivity contribution in [3.05, 3.63) is 46.2 Å². The Morgan fingerprint density at radius 2 is 1.86 bits per heavy atom. The third-order valence-electron chi connectivity index (χ3n) is 4.98. The minimum absolute atomic E-state index is 0.104. The number of esters is 2. The molecule has 0 spiro atoms. The summed E-state index contributed by atoms with van der Waals surface area (Å²) in [6, 6.07) is 5.98. The van der Waals surface area contributed by atoms with Gasteiger partial charge in [-0.3, -0.25) is 9.59 Å². The highest BCUT2D eigenvalue weighted by Gasteiger charge is 2.38. The molecule has 0 radical (unpaired) electrons. The van der Waals surface area contributed by atoms with Crippen LogP contribution in [0.25, 0.3) is 0 Å². The van der Waals surface area contributed by atoms with Gasteiger partial charge < -0.3 is 14.4 Å². The first-order chi connectivity index (χ1) is 13.6. The van der Waals surface area contributed by atoms with Crippen molar-refractivity contribution in [3.8, 4) is 0 Å². The van der Waals surface area contributed by atoms with E-state index in [9.17, 15) is 14.4 Å². The summed E-state index contributed by atoms with van der Waals surface area (Å²) < 4.78 is 10.5. The second kappa shape index (κ2) is 9.72. The number of amides is 1. The summed E-state index contributed by atoms with van der Waals surface area (Å²) in [6.07, 6.45) is 0.104. The van der Waals surface area contributed by atoms with E-state index in [-0.39, 0.29) is 31.4 Å². The highest BCUT2D eigenvalue weighted by Crippen LogP contribution is 2.38. The van der Waals surface area contributed by atoms with E-state index in [0.29, 0.717) is 17.9 Å². The molecule has 1 unspecified atom stereocenters. The number of allylic oxidation sites excluding steroid dienone is 1. The van der Waals surface area contributed by atoms with Crippen LogP contribution in [-0.4, -0.2) is 42.5 Å². The lowest BCUT2D eigenvalue weighted by atomic mass is 9.81. The van der Waals surface area contributed by atoms with Gasteiger partial charge in [-0.1, -0.05) is 37.6 Å². The second-order valence-electron chi connectivity index (χ2n) is 7.89. The lowest BCUT2D eigenvalue weighted by Crippen LogP contribution is -2.41. The fraction of sp³-hybridized carbons (Fsp3) is 0.522. The van der Waals surface area contributed by atoms with Crippen molar-refractivity contribution in [1.29, 1.82) is 0 Å². The summed E-state index contributed by atoms with van der Waals surface area (Å²) in [7, 11) is 0. The van der Waals surface area contributed by atoms with Crippen molar-refractivity contribution in [2.24, 2.45) is 5.92 Å². The van der Waals surface area contributed by atoms with Crippen molar-refractivity contribution in [2.45, 2.75) is 53.9 Å². The second-order valence-corrected chi connectivity index (χ2v) is 7.89. The third kappa shape index (κ3) is 5.46. The standard InChI is InChI=1S/C23H31NO5/c1-7-28-21(26)12-24-17(6)22(23(27)29-13-14(2)3)19(11-20(24)25)18-9-8-15(4)10-16(18)5/h8-10,14,19H,7,11-13H2,1-6H3. The Hall–Kier alpha value is -2.63. The predicted octanol–water partition coefficient (Wildman–Crippen LogP) is 3.66. The van der Waals surface area contributed by atoms with E-state index in [0.717, 1.165) is 16.7 Å². The SMILES string of the molecule is CCOC(=O)CN1C(=O)CC(c2ccc(C)cc2C)C(C(=O)OCC(C)C)=C1C. The highest BCUT2D eigenvalue weighted by molar-refractivity contribution is 5.97. The van der Waals surface area contributed by atoms with Crippen molar-refractivity contribution >= 4 is 17.8 Å². The van der Waals surface area contributed by atoms with Crippen molar-refractivity contribution < 1.29 is 23.9 Å². The van der Waals surface area contributed by atoms with E-state index in [4.69, 9.17) is 9.47 Å². The first-order valence-corrected chi connectivity index (χ1v) is 10.1. The Balaban J connectivity index is 2.49. The molecule has 2 rings (SSSR count). The molecule has 1 heterocycles. The van der Waals surface area contributed by atoms with Crippen LogP contribution < -0.4 is 0 Å². The van der Waals surface area contributed by atoms with Gasteiger partial charge in [-0.05, 0) is 44.7 Å². The minimum Gasteiger partial charge on any atom is -0.465 e. The van der Waals surface area contributed by atoms with Crippen molar-refractivity contribution in [2.75, 3.05) is 19.8 Å². The van der Waals surface area contributed by atoms with Crippen LogP contribution in [0.4, 0.5) is 0 Å². The zero-order valence-electron chi connectivity index (χ0n) is 18.2. The average Bonchev–Trinajstić information content (AvgIpc) is 2.63. The van der Waals surface area contributed by atoms with Crippen LogP contribution in [0.1, 0.15) is 56.7 Å². The Morgan fingerprint density at radius 1 is 1.17 bits per heavy atom. The lowest BCUT2D eigenvalue weighted by Gasteiger charge is -2.34. The van der Waals surface area contributed by atoms with E-state index in [1.54, 1.807) is 13.8 Å². The molecule has 0 saturated heterocycles. The number of hydrogen-bond acceptors (Lipinski definition) is 5. The third-order valence-corrected chi connectivity index (χ3v) is 4.98. The number of carbonyl (C=O) groups is 3. The van der Waals surface area contributed by atoms with E-state index in [1.165, 1.54) is 4.90 Å². The molecule has 0 N–H and O–H groups in total. The molecule has 1 atom stereocenters. The number of carbonyl (C=O) groups excluding carboxylic acids is 3. The van der Waals surface area contributed by atoms with Crippen LogP contribution in [0, 0.1) is 19.8 Å². The monoisotopic (exact) mass is 401 g/mol. The lowest BCUT2D eigenvalue weighted by molar-refractivity contribution is -0.149. The van der Waals surface area contributed by atoms with Crippen LogP contribution in [0.15, 0.2) is 29.5 Å². The maximum atomic E-state index is 13.0. The normalized spacial score (nSPS) is 17.0. The van der Waals surface area contributed by atoms with Gasteiger partial charge in [-0.2, -0.15) is 0 Å². The number of ether oxygens (including phenoxy) is 2. The van der Waals surface area contributed by atoms with Gasteiger partial charge in [-0.25, -0.2) is 4.79 Å². The summed E-state index contributed by atoms with van der Waals surface area (Å²) in [5.74, 6) is -1.36. The van der Waals surface area contributed by atoms with Crippen molar-refractivity contribution in [3.63, 3.8) is 0 Å². The number of hydrogen-bond donors (Lipinski definition) is 0. The summed E-state index contributed by atoms with van der Waals surface area (Å²) in [5.41, 5.74) is 3.94. The van der Waals surface area contributed by atoms with Crippen LogP contribution in [-0.2, 0) is 23.9 Å². The van der Waals surface area contributed by atoms with Crippen LogP contribution in [0.3, 0.4) is 0 Å². The number of rotatable bonds is 7. The average molecular weight is 402 g/mol. The first kappa shape index (κ1) is 22.7. The molecule has 1 aliphatic heterocycles. The Kier molecular flexibility index (Phi) is 7.59. The molecule has 0 aromatic heterocycles. The Bertz CT molecular complexity index is 825. The molecule has 6 nitrogen and oxygen atoms in total. The fourth-order valence-electron chi connectivity index (χ4n) is 3.61. The quantitative estimate of drug-likeness (QED) is 0.652. The molecule has 1 aromatic carbocycles. The molecule has 6 heteroatoms. The Labute approximate surface area is 172 Å². The molecular formula is C23H31NO5. The zero-order valence-corrected chi connectivity index (χ0v) is 18.2. The van der Waals surface area contributed by atoms with E-state index in [2.05, 4.69) is 0 Å². The Morgan fingerprint density at radius 3 is 2.45 bits per heavy atom. The molecule has 1 aliphatic rings. The fourth-order valence-corrected chi connectivity index (χ4v) is 3.61. The van der Waals surface area contributed by atoms with Crippen LogP contribution >= 0.6 is 0 Å². The molecular weight excluding hydrogens is 370 g/mol. The summed E-state index contributed by atoms with van der Waals surface area (Å²) in [4.78, 5) is 39.2. The van der Waals surface area contributed by atoms with Crippen molar-refractivity contribution in [1.82, 2.24) is 4.90 Å². The molecule has 0 bridgehead atoms. The van der Waals surface area contributed by atoms with Crippen LogP contribution in [0.5, 0.6) is 0 Å². The zero-order chi connectivity index (χ0) is 21.7. The summed E-state index contributed by atoms with van der Waals surface area (Å²) in [6.45, 7) is 11.6. The maximum Gasteiger partial charge on any atom is 0.336 e. The highest BCUT2D eigenvalue weighted by atomic mass is 16.5. The molecule has 158 valence electrons. The van der Waals surface area contributed by atoms with E-state index >= 15 is 0 Å². The van der Waals surface area contributed by atoms with E-state index in [1.807, 2.05) is 45.9 Å². The van der Waals surface area contributed by atoms with Crippen LogP contribution in [0.2, 0.25) is 0 Å². The van der Waals surface area contributed by atoms with Gasteiger partial charge >= 0.3 is 11.9 Å². The maximum absolute atomic E-state index is 13.0. The molecule has 0 aliphatic carbocycles. The largest absolute Gasteiger partial charge is 0.465 e. The number of benzene rings is 1. The molecule has 1 aromatic rings. The van der Waals surface area contributed by atoms with Gasteiger partial charge in [0, 0.05) is 18.0 Å². The smallest absolute Gasteiger partial charge is 0.336 e. The first-order valence-electron chi connectivity index (χ1n) is 10.1. The summed E-state index contributed by atoms with van der Waals surface area (Å²) in [5, 5.41) is 0. The minimum atomic E-state index is -0.500. The summed E-state index contributed by atoms with van der Waals surface area (Å²) >= 11 is 0. The van der Waals surface area contributed by atoms with Gasteiger partial charge in [0.05, 0.1) is 18.8 Å². The van der Waals surface area contributed by atoms with Gasteiger partial charge in [0.2, 0.25) is 5.91 Å². The number of nitrogens with zero attached hydrogens (tertiary/aromatic N) is 1. The molecule has 0 fully saturated rings.